The molecule has 0 bridgehead atoms. The first kappa shape index (κ1) is 30.1. The van der Waals surface area contributed by atoms with Crippen LogP contribution < -0.4 is 4.90 Å². The lowest BCUT2D eigenvalue weighted by atomic mass is 9.79. The van der Waals surface area contributed by atoms with Gasteiger partial charge in [0.05, 0.1) is 17.4 Å². The first-order valence-electron chi connectivity index (χ1n) is 15.8. The second kappa shape index (κ2) is 11.4. The quantitative estimate of drug-likeness (QED) is 0.205. The normalized spacial score (nSPS) is 12.1. The highest BCUT2D eigenvalue weighted by molar-refractivity contribution is 6.07. The van der Waals surface area contributed by atoms with Gasteiger partial charge in [-0.1, -0.05) is 84.0 Å². The van der Waals surface area contributed by atoms with Crippen molar-refractivity contribution in [3.05, 3.63) is 121 Å². The Kier molecular flexibility index (Phi) is 7.27. The maximum Gasteiger partial charge on any atom is 0.180 e. The number of para-hydroxylation sites is 2. The van der Waals surface area contributed by atoms with Gasteiger partial charge in [0.25, 0.3) is 0 Å². The Bertz CT molecular complexity index is 2190. The summed E-state index contributed by atoms with van der Waals surface area (Å²) in [6.45, 7) is 12.8. The molecular formula is C40H37N5O2. The predicted molar refractivity (Wildman–Crippen MR) is 190 cm³/mol. The van der Waals surface area contributed by atoms with Crippen LogP contribution in [0.1, 0.15) is 52.7 Å². The molecule has 0 spiro atoms. The number of aromatic hydroxyl groups is 1. The minimum Gasteiger partial charge on any atom is -0.507 e. The zero-order valence-corrected chi connectivity index (χ0v) is 27.5. The van der Waals surface area contributed by atoms with Crippen molar-refractivity contribution in [1.82, 2.24) is 19.9 Å². The number of hydrogen-bond donors (Lipinski definition) is 1. The lowest BCUT2D eigenvalue weighted by Crippen LogP contribution is -2.17. The van der Waals surface area contributed by atoms with Crippen molar-refractivity contribution in [2.45, 2.75) is 52.4 Å². The predicted octanol–water partition coefficient (Wildman–Crippen LogP) is 10.3. The lowest BCUT2D eigenvalue weighted by Gasteiger charge is -2.27. The van der Waals surface area contributed by atoms with Gasteiger partial charge in [-0.3, -0.25) is 9.88 Å². The highest BCUT2D eigenvalue weighted by Gasteiger charge is 2.28. The average molecular weight is 620 g/mol. The van der Waals surface area contributed by atoms with E-state index in [1.807, 2.05) is 91.1 Å². The summed E-state index contributed by atoms with van der Waals surface area (Å²) < 4.78 is 6.44. The van der Waals surface area contributed by atoms with Crippen LogP contribution in [0.25, 0.3) is 44.7 Å². The van der Waals surface area contributed by atoms with Crippen molar-refractivity contribution < 1.29 is 9.52 Å². The van der Waals surface area contributed by atoms with E-state index in [0.29, 0.717) is 33.8 Å². The molecule has 0 saturated heterocycles. The van der Waals surface area contributed by atoms with E-state index in [1.54, 1.807) is 12.4 Å². The van der Waals surface area contributed by atoms with Crippen LogP contribution in [0.5, 0.6) is 5.75 Å². The topological polar surface area (TPSA) is 88.2 Å². The summed E-state index contributed by atoms with van der Waals surface area (Å²) in [6, 6.07) is 29.9. The van der Waals surface area contributed by atoms with Crippen molar-refractivity contribution in [1.29, 1.82) is 0 Å². The van der Waals surface area contributed by atoms with Crippen molar-refractivity contribution in [3.8, 4) is 28.4 Å². The molecule has 7 rings (SSSR count). The molecule has 7 heteroatoms. The standard InChI is InChI=1S/C40H37N5O2/c1-39(2,3)26-21-30(36(46)31(22-26)40(4,5)6)38-43-34(37-35(44-38)29-16-10-11-17-32(29)47-37)25-20-28(24-41-23-25)45(27-14-8-7-9-15-27)33-18-12-13-19-42-33/h7-24,46H,1-6H3. The number of rotatable bonds is 5. The average Bonchev–Trinajstić information content (AvgIpc) is 3.43. The summed E-state index contributed by atoms with van der Waals surface area (Å²) >= 11 is 0. The summed E-state index contributed by atoms with van der Waals surface area (Å²) in [5, 5.41) is 12.7. The molecule has 4 aromatic heterocycles. The molecule has 0 unspecified atom stereocenters. The molecule has 0 aliphatic rings. The molecule has 0 fully saturated rings. The van der Waals surface area contributed by atoms with E-state index in [1.165, 1.54) is 0 Å². The first-order valence-corrected chi connectivity index (χ1v) is 15.8. The number of anilines is 3. The minimum absolute atomic E-state index is 0.164. The molecular weight excluding hydrogens is 582 g/mol. The monoisotopic (exact) mass is 619 g/mol. The van der Waals surface area contributed by atoms with Gasteiger partial charge in [-0.25, -0.2) is 15.0 Å². The van der Waals surface area contributed by atoms with Crippen LogP contribution in [0.2, 0.25) is 0 Å². The molecule has 47 heavy (non-hydrogen) atoms. The Hall–Kier alpha value is -5.56. The molecule has 0 aliphatic heterocycles. The molecule has 4 heterocycles. The number of aromatic nitrogens is 4. The van der Waals surface area contributed by atoms with Crippen molar-refractivity contribution in [2.75, 3.05) is 4.90 Å². The number of fused-ring (bicyclic) bond motifs is 3. The third kappa shape index (κ3) is 5.58. The third-order valence-corrected chi connectivity index (χ3v) is 8.39. The van der Waals surface area contributed by atoms with E-state index in [0.717, 1.165) is 39.3 Å². The molecule has 7 aromatic rings. The van der Waals surface area contributed by atoms with Gasteiger partial charge in [-0.05, 0) is 64.9 Å². The summed E-state index contributed by atoms with van der Waals surface area (Å²) in [5.74, 6) is 1.36. The van der Waals surface area contributed by atoms with Crippen molar-refractivity contribution >= 4 is 39.3 Å². The first-order chi connectivity index (χ1) is 22.5. The minimum atomic E-state index is -0.306. The Morgan fingerprint density at radius 1 is 0.723 bits per heavy atom. The van der Waals surface area contributed by atoms with E-state index in [4.69, 9.17) is 14.4 Å². The molecule has 3 aromatic carbocycles. The van der Waals surface area contributed by atoms with Gasteiger partial charge in [0.1, 0.15) is 28.4 Å². The molecule has 7 nitrogen and oxygen atoms in total. The molecule has 0 amide bonds. The Labute approximate surface area is 274 Å². The maximum absolute atomic E-state index is 11.8. The van der Waals surface area contributed by atoms with E-state index in [9.17, 15) is 5.11 Å². The smallest absolute Gasteiger partial charge is 0.180 e. The Morgan fingerprint density at radius 2 is 1.47 bits per heavy atom. The molecule has 0 atom stereocenters. The number of hydrogen-bond acceptors (Lipinski definition) is 7. The van der Waals surface area contributed by atoms with Crippen LogP contribution in [-0.4, -0.2) is 25.0 Å². The summed E-state index contributed by atoms with van der Waals surface area (Å²) in [7, 11) is 0. The molecule has 0 aliphatic carbocycles. The van der Waals surface area contributed by atoms with Gasteiger partial charge in [-0.2, -0.15) is 0 Å². The van der Waals surface area contributed by atoms with E-state index in [2.05, 4.69) is 62.5 Å². The van der Waals surface area contributed by atoms with Gasteiger partial charge < -0.3 is 9.52 Å². The van der Waals surface area contributed by atoms with Crippen LogP contribution in [0.15, 0.2) is 114 Å². The fourth-order valence-electron chi connectivity index (χ4n) is 5.87. The SMILES string of the molecule is CC(C)(C)c1cc(-c2nc(-c3cncc(N(c4ccccc4)c4ccccn4)c3)c3oc4ccccc4c3n2)c(O)c(C(C)(C)C)c1. The van der Waals surface area contributed by atoms with E-state index < -0.39 is 0 Å². The zero-order valence-electron chi connectivity index (χ0n) is 27.5. The summed E-state index contributed by atoms with van der Waals surface area (Å²) in [5.41, 5.74) is 7.08. The second-order valence-electron chi connectivity index (χ2n) is 13.9. The third-order valence-electron chi connectivity index (χ3n) is 8.39. The van der Waals surface area contributed by atoms with E-state index in [-0.39, 0.29) is 16.6 Å². The lowest BCUT2D eigenvalue weighted by molar-refractivity contribution is 0.446. The van der Waals surface area contributed by atoms with Crippen LogP contribution in [0, 0.1) is 0 Å². The summed E-state index contributed by atoms with van der Waals surface area (Å²) in [4.78, 5) is 21.6. The highest BCUT2D eigenvalue weighted by atomic mass is 16.3. The molecule has 0 radical (unpaired) electrons. The van der Waals surface area contributed by atoms with Crippen molar-refractivity contribution in [2.24, 2.45) is 0 Å². The van der Waals surface area contributed by atoms with Gasteiger partial charge in [-0.15, -0.1) is 0 Å². The van der Waals surface area contributed by atoms with Crippen LogP contribution in [-0.2, 0) is 10.8 Å². The fourth-order valence-corrected chi connectivity index (χ4v) is 5.87. The Balaban J connectivity index is 1.50. The number of furan rings is 1. The largest absolute Gasteiger partial charge is 0.507 e. The number of benzene rings is 3. The van der Waals surface area contributed by atoms with Crippen molar-refractivity contribution in [3.63, 3.8) is 0 Å². The number of phenolic OH excluding ortho intramolecular Hbond substituents is 1. The molecule has 234 valence electrons. The number of phenols is 1. The second-order valence-corrected chi connectivity index (χ2v) is 13.9. The summed E-state index contributed by atoms with van der Waals surface area (Å²) in [6.07, 6.45) is 5.38. The van der Waals surface area contributed by atoms with Gasteiger partial charge in [0.15, 0.2) is 11.4 Å². The van der Waals surface area contributed by atoms with Crippen LogP contribution in [0.4, 0.5) is 17.2 Å². The van der Waals surface area contributed by atoms with Gasteiger partial charge in [0.2, 0.25) is 0 Å². The highest BCUT2D eigenvalue weighted by Crippen LogP contribution is 2.44. The molecule has 1 N–H and O–H groups in total. The number of nitrogens with zero attached hydrogens (tertiary/aromatic N) is 5. The molecule has 0 saturated carbocycles. The Morgan fingerprint density at radius 3 is 2.19 bits per heavy atom. The zero-order chi connectivity index (χ0) is 32.9. The van der Waals surface area contributed by atoms with E-state index >= 15 is 0 Å². The number of pyridine rings is 2. The van der Waals surface area contributed by atoms with Gasteiger partial charge in [0, 0.05) is 34.6 Å². The fraction of sp³-hybridized carbons (Fsp3) is 0.200. The van der Waals surface area contributed by atoms with Crippen LogP contribution in [0.3, 0.4) is 0 Å². The van der Waals surface area contributed by atoms with Crippen LogP contribution >= 0.6 is 0 Å². The maximum atomic E-state index is 11.8. The van der Waals surface area contributed by atoms with Gasteiger partial charge >= 0.3 is 0 Å².